The maximum absolute atomic E-state index is 14.2. The molecule has 0 radical (unpaired) electrons. The van der Waals surface area contributed by atoms with E-state index in [2.05, 4.69) is 31.6 Å². The highest BCUT2D eigenvalue weighted by Gasteiger charge is 2.44. The molecule has 15 heteroatoms. The van der Waals surface area contributed by atoms with Crippen molar-refractivity contribution < 1.29 is 28.8 Å². The summed E-state index contributed by atoms with van der Waals surface area (Å²) in [5.41, 5.74) is 1.57. The number of benzene rings is 1. The predicted octanol–water partition coefficient (Wildman–Crippen LogP) is 0.572. The summed E-state index contributed by atoms with van der Waals surface area (Å²) in [5, 5.41) is 14.2. The van der Waals surface area contributed by atoms with Gasteiger partial charge >= 0.3 is 0 Å². The molecule has 2 aromatic rings. The van der Waals surface area contributed by atoms with Crippen LogP contribution in [-0.2, 0) is 31.0 Å². The third-order valence-electron chi connectivity index (χ3n) is 8.71. The van der Waals surface area contributed by atoms with E-state index in [9.17, 15) is 28.8 Å². The number of hydrogen-bond donors (Lipinski definition) is 5. The summed E-state index contributed by atoms with van der Waals surface area (Å²) in [6.45, 7) is 6.81. The van der Waals surface area contributed by atoms with E-state index in [1.165, 1.54) is 29.9 Å². The molecule has 0 aliphatic carbocycles. The summed E-state index contributed by atoms with van der Waals surface area (Å²) in [6, 6.07) is 3.62. The first kappa shape index (κ1) is 36.4. The lowest BCUT2D eigenvalue weighted by molar-refractivity contribution is -0.143. The van der Waals surface area contributed by atoms with Gasteiger partial charge in [0, 0.05) is 19.6 Å². The molecule has 14 nitrogen and oxygen atoms in total. The number of thioether (sulfide) groups is 1. The van der Waals surface area contributed by atoms with Crippen molar-refractivity contribution in [1.82, 2.24) is 41.0 Å². The smallest absolute Gasteiger partial charge is 0.270 e. The average molecular weight is 683 g/mol. The van der Waals surface area contributed by atoms with Crippen molar-refractivity contribution >= 4 is 47.2 Å². The van der Waals surface area contributed by atoms with Gasteiger partial charge in [0.1, 0.15) is 29.9 Å². The minimum atomic E-state index is -1.03. The summed E-state index contributed by atoms with van der Waals surface area (Å²) in [7, 11) is 1.70. The maximum Gasteiger partial charge on any atom is 0.270 e. The van der Waals surface area contributed by atoms with Gasteiger partial charge in [0.2, 0.25) is 29.5 Å². The molecule has 1 aromatic carbocycles. The molecule has 0 bridgehead atoms. The zero-order valence-corrected chi connectivity index (χ0v) is 29.1. The number of aromatic nitrogens is 2. The molecular weight excluding hydrogens is 636 g/mol. The highest BCUT2D eigenvalue weighted by atomic mass is 32.2. The van der Waals surface area contributed by atoms with Gasteiger partial charge in [-0.25, -0.2) is 4.98 Å². The van der Waals surface area contributed by atoms with Crippen molar-refractivity contribution in [2.45, 2.75) is 83.2 Å². The SMILES string of the molecule is CSCC[C@@H]1NC(=O)C[C@@H](c2ccccc2)NC(=O)[C@H](C)NC(=O)[C@@H]2C[C@H](NC(=O)c3c(C)ncn3C)CN2C(=O)[C@H](C(C)C)NC1=O. The Morgan fingerprint density at radius 3 is 2.35 bits per heavy atom. The fraction of sp³-hybridized carbons (Fsp3) is 0.545. The van der Waals surface area contributed by atoms with Crippen molar-refractivity contribution in [3.63, 3.8) is 0 Å². The third-order valence-corrected chi connectivity index (χ3v) is 9.35. The molecule has 2 aliphatic rings. The molecule has 4 rings (SSSR count). The minimum Gasteiger partial charge on any atom is -0.347 e. The normalized spacial score (nSPS) is 26.0. The van der Waals surface area contributed by atoms with Crippen LogP contribution in [-0.4, -0.2) is 98.7 Å². The van der Waals surface area contributed by atoms with Crippen LogP contribution in [0.5, 0.6) is 0 Å². The van der Waals surface area contributed by atoms with Gasteiger partial charge in [-0.1, -0.05) is 44.2 Å². The fourth-order valence-corrected chi connectivity index (χ4v) is 6.53. The summed E-state index contributed by atoms with van der Waals surface area (Å²) in [5.74, 6) is -2.79. The lowest BCUT2D eigenvalue weighted by Crippen LogP contribution is -2.59. The first-order valence-electron chi connectivity index (χ1n) is 16.1. The van der Waals surface area contributed by atoms with Gasteiger partial charge in [-0.2, -0.15) is 11.8 Å². The number of aryl methyl sites for hydroxylation is 2. The van der Waals surface area contributed by atoms with E-state index >= 15 is 0 Å². The van der Waals surface area contributed by atoms with Crippen LogP contribution < -0.4 is 26.6 Å². The van der Waals surface area contributed by atoms with Gasteiger partial charge in [-0.05, 0) is 50.2 Å². The Hall–Kier alpha value is -4.40. The first-order chi connectivity index (χ1) is 22.8. The zero-order chi connectivity index (χ0) is 35.1. The highest BCUT2D eigenvalue weighted by molar-refractivity contribution is 7.98. The van der Waals surface area contributed by atoms with Crippen LogP contribution in [0.2, 0.25) is 0 Å². The van der Waals surface area contributed by atoms with Gasteiger partial charge in [0.15, 0.2) is 0 Å². The number of amides is 6. The number of rotatable bonds is 7. The summed E-state index contributed by atoms with van der Waals surface area (Å²) < 4.78 is 1.60. The molecule has 260 valence electrons. The first-order valence-corrected chi connectivity index (χ1v) is 17.5. The molecule has 6 atom stereocenters. The summed E-state index contributed by atoms with van der Waals surface area (Å²) >= 11 is 1.51. The van der Waals surface area contributed by atoms with Crippen LogP contribution in [0.3, 0.4) is 0 Å². The Bertz CT molecular complexity index is 1500. The fourth-order valence-electron chi connectivity index (χ4n) is 6.06. The molecule has 0 unspecified atom stereocenters. The monoisotopic (exact) mass is 682 g/mol. The molecule has 0 saturated carbocycles. The number of fused-ring (bicyclic) bond motifs is 1. The van der Waals surface area contributed by atoms with E-state index in [-0.39, 0.29) is 25.3 Å². The maximum atomic E-state index is 14.2. The molecule has 0 spiro atoms. The Labute approximate surface area is 284 Å². The van der Waals surface area contributed by atoms with Crippen LogP contribution in [0, 0.1) is 12.8 Å². The van der Waals surface area contributed by atoms with Gasteiger partial charge in [-0.15, -0.1) is 0 Å². The Kier molecular flexibility index (Phi) is 12.2. The Morgan fingerprint density at radius 2 is 1.73 bits per heavy atom. The Balaban J connectivity index is 1.68. The van der Waals surface area contributed by atoms with Crippen LogP contribution in [0.15, 0.2) is 36.7 Å². The van der Waals surface area contributed by atoms with E-state index in [1.807, 2.05) is 12.3 Å². The molecular formula is C33H46N8O6S. The predicted molar refractivity (Wildman–Crippen MR) is 181 cm³/mol. The van der Waals surface area contributed by atoms with Crippen molar-refractivity contribution in [2.24, 2.45) is 13.0 Å². The van der Waals surface area contributed by atoms with E-state index in [0.29, 0.717) is 29.1 Å². The molecule has 6 amide bonds. The van der Waals surface area contributed by atoms with Crippen molar-refractivity contribution in [2.75, 3.05) is 18.6 Å². The lowest BCUT2D eigenvalue weighted by atomic mass is 10.0. The van der Waals surface area contributed by atoms with Crippen LogP contribution in [0.1, 0.15) is 67.8 Å². The van der Waals surface area contributed by atoms with Gasteiger partial charge < -0.3 is 36.1 Å². The molecule has 2 saturated heterocycles. The number of nitrogens with zero attached hydrogens (tertiary/aromatic N) is 3. The number of nitrogens with one attached hydrogen (secondary N) is 5. The van der Waals surface area contributed by atoms with Crippen LogP contribution in [0.4, 0.5) is 0 Å². The zero-order valence-electron chi connectivity index (χ0n) is 28.2. The Morgan fingerprint density at radius 1 is 1.02 bits per heavy atom. The molecule has 2 aliphatic heterocycles. The molecule has 48 heavy (non-hydrogen) atoms. The number of hydrogen-bond acceptors (Lipinski definition) is 8. The molecule has 3 heterocycles. The van der Waals surface area contributed by atoms with Gasteiger partial charge in [0.25, 0.3) is 5.91 Å². The topological polar surface area (TPSA) is 184 Å². The molecule has 2 fully saturated rings. The van der Waals surface area contributed by atoms with E-state index < -0.39 is 71.7 Å². The van der Waals surface area contributed by atoms with Gasteiger partial charge in [-0.3, -0.25) is 28.8 Å². The van der Waals surface area contributed by atoms with Crippen molar-refractivity contribution in [1.29, 1.82) is 0 Å². The van der Waals surface area contributed by atoms with Crippen LogP contribution >= 0.6 is 11.8 Å². The summed E-state index contributed by atoms with van der Waals surface area (Å²) in [6.07, 6.45) is 3.67. The lowest BCUT2D eigenvalue weighted by Gasteiger charge is -2.32. The average Bonchev–Trinajstić information content (AvgIpc) is 3.62. The number of carbonyl (C=O) groups is 6. The third kappa shape index (κ3) is 8.74. The second-order valence-electron chi connectivity index (χ2n) is 12.7. The van der Waals surface area contributed by atoms with E-state index in [4.69, 9.17) is 0 Å². The van der Waals surface area contributed by atoms with Crippen LogP contribution in [0.25, 0.3) is 0 Å². The molecule has 5 N–H and O–H groups in total. The second kappa shape index (κ2) is 16.1. The second-order valence-corrected chi connectivity index (χ2v) is 13.7. The summed E-state index contributed by atoms with van der Waals surface area (Å²) in [4.78, 5) is 87.3. The number of imidazole rings is 1. The van der Waals surface area contributed by atoms with E-state index in [0.717, 1.165) is 0 Å². The largest absolute Gasteiger partial charge is 0.347 e. The van der Waals surface area contributed by atoms with Crippen molar-refractivity contribution in [3.05, 3.63) is 53.6 Å². The molecule has 1 aromatic heterocycles. The number of carbonyl (C=O) groups excluding carboxylic acids is 6. The van der Waals surface area contributed by atoms with E-state index in [1.54, 1.807) is 56.7 Å². The minimum absolute atomic E-state index is 0.00193. The quantitative estimate of drug-likeness (QED) is 0.281. The standard InChI is InChI=1S/C33H46N8O6S/c1-18(2)27-33(47)41-16-22(36-32(46)28-19(3)34-17-40(28)5)14-25(41)31(45)35-20(4)29(43)38-24(21-10-8-7-9-11-21)15-26(42)37-23(12-13-48-6)30(44)39-27/h7-11,17-18,20,22-25,27H,12-16H2,1-6H3,(H,35,45)(H,36,46)(H,37,42)(H,38,43)(H,39,44)/t20-,22-,23-,24-,25-,27-/m0/s1. The van der Waals surface area contributed by atoms with Crippen molar-refractivity contribution in [3.8, 4) is 0 Å². The highest BCUT2D eigenvalue weighted by Crippen LogP contribution is 2.23. The van der Waals surface area contributed by atoms with Gasteiger partial charge in [0.05, 0.1) is 24.5 Å².